The summed E-state index contributed by atoms with van der Waals surface area (Å²) >= 11 is 0. The lowest BCUT2D eigenvalue weighted by Crippen LogP contribution is -2.37. The lowest BCUT2D eigenvalue weighted by atomic mass is 9.94. The van der Waals surface area contributed by atoms with Gasteiger partial charge in [-0.05, 0) is 25.7 Å². The second kappa shape index (κ2) is 4.55. The molecule has 0 aliphatic carbocycles. The minimum Gasteiger partial charge on any atom is -0.465 e. The van der Waals surface area contributed by atoms with Crippen molar-refractivity contribution < 1.29 is 14.3 Å². The molecule has 1 aliphatic rings. The summed E-state index contributed by atoms with van der Waals surface area (Å²) in [5, 5.41) is 8.81. The highest BCUT2D eigenvalue weighted by atomic mass is 16.4. The van der Waals surface area contributed by atoms with E-state index in [0.717, 1.165) is 30.9 Å². The maximum absolute atomic E-state index is 10.7. The van der Waals surface area contributed by atoms with Crippen LogP contribution in [0.4, 0.5) is 4.79 Å². The number of likely N-dealkylation sites (tertiary alicyclic amines) is 1. The third-order valence-corrected chi connectivity index (χ3v) is 3.02. The summed E-state index contributed by atoms with van der Waals surface area (Å²) in [4.78, 5) is 16.4. The van der Waals surface area contributed by atoms with Gasteiger partial charge in [0.05, 0.1) is 6.20 Å². The fourth-order valence-electron chi connectivity index (χ4n) is 2.07. The van der Waals surface area contributed by atoms with E-state index in [9.17, 15) is 4.79 Å². The second-order valence-electron chi connectivity index (χ2n) is 4.28. The molecule has 5 heteroatoms. The normalized spacial score (nSPS) is 17.7. The van der Waals surface area contributed by atoms with E-state index in [1.165, 1.54) is 4.90 Å². The zero-order valence-corrected chi connectivity index (χ0v) is 9.35. The molecule has 1 aliphatic heterocycles. The molecule has 0 atom stereocenters. The van der Waals surface area contributed by atoms with Gasteiger partial charge < -0.3 is 14.4 Å². The van der Waals surface area contributed by atoms with Crippen LogP contribution < -0.4 is 0 Å². The van der Waals surface area contributed by atoms with Crippen LogP contribution in [0.2, 0.25) is 0 Å². The molecule has 16 heavy (non-hydrogen) atoms. The number of aryl methyl sites for hydroxylation is 1. The van der Waals surface area contributed by atoms with Gasteiger partial charge in [-0.1, -0.05) is 0 Å². The highest BCUT2D eigenvalue weighted by molar-refractivity contribution is 5.64. The predicted molar refractivity (Wildman–Crippen MR) is 57.3 cm³/mol. The number of hydrogen-bond acceptors (Lipinski definition) is 3. The SMILES string of the molecule is Cc1cnc(CC2CCN(C(=O)O)CC2)o1. The number of hydrogen-bond donors (Lipinski definition) is 1. The molecular formula is C11H16N2O3. The maximum atomic E-state index is 10.7. The number of carboxylic acid groups (broad SMARTS) is 1. The van der Waals surface area contributed by atoms with Gasteiger partial charge in [0.1, 0.15) is 5.76 Å². The largest absolute Gasteiger partial charge is 0.465 e. The lowest BCUT2D eigenvalue weighted by Gasteiger charge is -2.29. The van der Waals surface area contributed by atoms with Crippen LogP contribution in [-0.4, -0.2) is 34.2 Å². The van der Waals surface area contributed by atoms with Crippen LogP contribution in [0.5, 0.6) is 0 Å². The van der Waals surface area contributed by atoms with Gasteiger partial charge in [0, 0.05) is 19.5 Å². The molecule has 0 saturated carbocycles. The molecule has 0 aromatic carbocycles. The van der Waals surface area contributed by atoms with Crippen molar-refractivity contribution in [2.45, 2.75) is 26.2 Å². The van der Waals surface area contributed by atoms with E-state index in [1.807, 2.05) is 6.92 Å². The number of piperidine rings is 1. The minimum absolute atomic E-state index is 0.494. The van der Waals surface area contributed by atoms with E-state index in [-0.39, 0.29) is 0 Å². The average Bonchev–Trinajstić information content (AvgIpc) is 2.65. The molecule has 1 amide bonds. The number of rotatable bonds is 2. The van der Waals surface area contributed by atoms with E-state index in [2.05, 4.69) is 4.98 Å². The highest BCUT2D eigenvalue weighted by Crippen LogP contribution is 2.21. The molecular weight excluding hydrogens is 208 g/mol. The van der Waals surface area contributed by atoms with Crippen LogP contribution in [0.15, 0.2) is 10.6 Å². The Labute approximate surface area is 94.1 Å². The molecule has 2 rings (SSSR count). The van der Waals surface area contributed by atoms with Crippen molar-refractivity contribution in [1.29, 1.82) is 0 Å². The van der Waals surface area contributed by atoms with E-state index in [0.29, 0.717) is 19.0 Å². The van der Waals surface area contributed by atoms with Gasteiger partial charge in [0.15, 0.2) is 5.89 Å². The zero-order chi connectivity index (χ0) is 11.5. The quantitative estimate of drug-likeness (QED) is 0.833. The van der Waals surface area contributed by atoms with Crippen LogP contribution >= 0.6 is 0 Å². The summed E-state index contributed by atoms with van der Waals surface area (Å²) < 4.78 is 5.42. The van der Waals surface area contributed by atoms with E-state index >= 15 is 0 Å². The fourth-order valence-corrected chi connectivity index (χ4v) is 2.07. The van der Waals surface area contributed by atoms with Crippen LogP contribution in [-0.2, 0) is 6.42 Å². The Kier molecular flexibility index (Phi) is 3.12. The Hall–Kier alpha value is -1.52. The van der Waals surface area contributed by atoms with Crippen molar-refractivity contribution in [3.8, 4) is 0 Å². The Morgan fingerprint density at radius 1 is 1.62 bits per heavy atom. The van der Waals surface area contributed by atoms with Crippen molar-refractivity contribution >= 4 is 6.09 Å². The lowest BCUT2D eigenvalue weighted by molar-refractivity contribution is 0.123. The summed E-state index contributed by atoms with van der Waals surface area (Å²) in [5.74, 6) is 2.10. The molecule has 1 N–H and O–H groups in total. The number of carbonyl (C=O) groups is 1. The first kappa shape index (κ1) is 11.0. The van der Waals surface area contributed by atoms with Gasteiger partial charge in [-0.15, -0.1) is 0 Å². The maximum Gasteiger partial charge on any atom is 0.407 e. The van der Waals surface area contributed by atoms with Gasteiger partial charge in [-0.2, -0.15) is 0 Å². The fraction of sp³-hybridized carbons (Fsp3) is 0.636. The number of amides is 1. The molecule has 1 aromatic rings. The van der Waals surface area contributed by atoms with Gasteiger partial charge in [-0.25, -0.2) is 9.78 Å². The molecule has 1 saturated heterocycles. The number of oxazole rings is 1. The van der Waals surface area contributed by atoms with Crippen LogP contribution in [0.3, 0.4) is 0 Å². The van der Waals surface area contributed by atoms with Gasteiger partial charge in [-0.3, -0.25) is 0 Å². The average molecular weight is 224 g/mol. The molecule has 0 unspecified atom stereocenters. The third kappa shape index (κ3) is 2.53. The molecule has 1 fully saturated rings. The van der Waals surface area contributed by atoms with Crippen molar-refractivity contribution in [1.82, 2.24) is 9.88 Å². The highest BCUT2D eigenvalue weighted by Gasteiger charge is 2.23. The van der Waals surface area contributed by atoms with Gasteiger partial charge in [0.25, 0.3) is 0 Å². The minimum atomic E-state index is -0.814. The first-order chi connectivity index (χ1) is 7.65. The second-order valence-corrected chi connectivity index (χ2v) is 4.28. The van der Waals surface area contributed by atoms with Crippen molar-refractivity contribution in [3.05, 3.63) is 17.8 Å². The van der Waals surface area contributed by atoms with Gasteiger partial charge in [0.2, 0.25) is 0 Å². The van der Waals surface area contributed by atoms with Crippen molar-refractivity contribution in [3.63, 3.8) is 0 Å². The molecule has 88 valence electrons. The summed E-state index contributed by atoms with van der Waals surface area (Å²) in [5.41, 5.74) is 0. The first-order valence-corrected chi connectivity index (χ1v) is 5.54. The molecule has 2 heterocycles. The molecule has 5 nitrogen and oxygen atoms in total. The molecule has 0 radical (unpaired) electrons. The molecule has 0 bridgehead atoms. The summed E-state index contributed by atoms with van der Waals surface area (Å²) in [6.45, 7) is 3.13. The third-order valence-electron chi connectivity index (χ3n) is 3.02. The van der Waals surface area contributed by atoms with Crippen LogP contribution in [0, 0.1) is 12.8 Å². The smallest absolute Gasteiger partial charge is 0.407 e. The summed E-state index contributed by atoms with van der Waals surface area (Å²) in [7, 11) is 0. The van der Waals surface area contributed by atoms with E-state index in [4.69, 9.17) is 9.52 Å². The van der Waals surface area contributed by atoms with E-state index < -0.39 is 6.09 Å². The van der Waals surface area contributed by atoms with E-state index in [1.54, 1.807) is 6.20 Å². The van der Waals surface area contributed by atoms with Gasteiger partial charge >= 0.3 is 6.09 Å². The Morgan fingerprint density at radius 2 is 2.31 bits per heavy atom. The first-order valence-electron chi connectivity index (χ1n) is 5.54. The van der Waals surface area contributed by atoms with Crippen molar-refractivity contribution in [2.75, 3.05) is 13.1 Å². The van der Waals surface area contributed by atoms with Crippen LogP contribution in [0.1, 0.15) is 24.5 Å². The Balaban J connectivity index is 1.83. The zero-order valence-electron chi connectivity index (χ0n) is 9.35. The Morgan fingerprint density at radius 3 is 2.81 bits per heavy atom. The summed E-state index contributed by atoms with van der Waals surface area (Å²) in [6.07, 6.45) is 3.52. The predicted octanol–water partition coefficient (Wildman–Crippen LogP) is 1.92. The number of nitrogens with zero attached hydrogens (tertiary/aromatic N) is 2. The Bertz CT molecular complexity index is 367. The topological polar surface area (TPSA) is 66.6 Å². The van der Waals surface area contributed by atoms with Crippen LogP contribution in [0.25, 0.3) is 0 Å². The monoisotopic (exact) mass is 224 g/mol. The number of aromatic nitrogens is 1. The molecule has 0 spiro atoms. The summed E-state index contributed by atoms with van der Waals surface area (Å²) in [6, 6.07) is 0. The van der Waals surface area contributed by atoms with Crippen molar-refractivity contribution in [2.24, 2.45) is 5.92 Å². The molecule has 1 aromatic heterocycles. The standard InChI is InChI=1S/C11H16N2O3/c1-8-7-12-10(16-8)6-9-2-4-13(5-3-9)11(14)15/h7,9H,2-6H2,1H3,(H,14,15).